The number of carbonyl (C=O) groups excluding carboxylic acids is 1. The lowest BCUT2D eigenvalue weighted by Gasteiger charge is -2.07. The van der Waals surface area contributed by atoms with Crippen LogP contribution in [0.15, 0.2) is 118 Å². The number of anilines is 1. The zero-order chi connectivity index (χ0) is 25.9. The third kappa shape index (κ3) is 4.96. The van der Waals surface area contributed by atoms with E-state index in [0.717, 1.165) is 27.7 Å². The van der Waals surface area contributed by atoms with Crippen LogP contribution < -0.4 is 10.6 Å². The number of amides is 1. The topological polar surface area (TPSA) is 80.3 Å². The van der Waals surface area contributed by atoms with E-state index in [1.54, 1.807) is 6.08 Å². The van der Waals surface area contributed by atoms with Crippen molar-refractivity contribution >= 4 is 56.9 Å². The molecule has 7 heteroatoms. The number of fused-ring (bicyclic) bond motifs is 2. The standard InChI is InChI=1S/C31H21N3O3S/c35-29(18-15-23-14-17-27(36-23)21-8-2-1-3-9-21)34-31(38)32-22-13-16-28-26(19-22)33-30(37-28)25-12-6-10-20-7-4-5-11-24(20)25/h1-19H,(H2,32,34,35,38)/b18-15+. The highest BCUT2D eigenvalue weighted by molar-refractivity contribution is 7.80. The summed E-state index contributed by atoms with van der Waals surface area (Å²) < 4.78 is 11.8. The lowest BCUT2D eigenvalue weighted by molar-refractivity contribution is -0.115. The predicted molar refractivity (Wildman–Crippen MR) is 154 cm³/mol. The van der Waals surface area contributed by atoms with Gasteiger partial charge in [-0.3, -0.25) is 10.1 Å². The van der Waals surface area contributed by atoms with Gasteiger partial charge in [0, 0.05) is 22.9 Å². The van der Waals surface area contributed by atoms with Gasteiger partial charge < -0.3 is 14.2 Å². The molecule has 0 aliphatic heterocycles. The first-order chi connectivity index (χ1) is 18.6. The van der Waals surface area contributed by atoms with Gasteiger partial charge in [-0.15, -0.1) is 0 Å². The summed E-state index contributed by atoms with van der Waals surface area (Å²) in [7, 11) is 0. The first-order valence-electron chi connectivity index (χ1n) is 12.0. The Hall–Kier alpha value is -5.01. The lowest BCUT2D eigenvalue weighted by Crippen LogP contribution is -2.32. The van der Waals surface area contributed by atoms with Crippen molar-refractivity contribution in [3.05, 3.63) is 115 Å². The smallest absolute Gasteiger partial charge is 0.250 e. The molecule has 4 aromatic carbocycles. The Morgan fingerprint density at radius 1 is 0.842 bits per heavy atom. The molecule has 1 amide bonds. The van der Waals surface area contributed by atoms with Crippen LogP contribution in [-0.2, 0) is 4.79 Å². The normalized spacial score (nSPS) is 11.3. The molecule has 6 rings (SSSR count). The Kier molecular flexibility index (Phi) is 6.25. The van der Waals surface area contributed by atoms with Crippen molar-refractivity contribution in [3.63, 3.8) is 0 Å². The third-order valence-electron chi connectivity index (χ3n) is 5.99. The summed E-state index contributed by atoms with van der Waals surface area (Å²) >= 11 is 5.32. The summed E-state index contributed by atoms with van der Waals surface area (Å²) in [4.78, 5) is 17.1. The van der Waals surface area contributed by atoms with Gasteiger partial charge in [0.1, 0.15) is 17.0 Å². The molecule has 0 unspecified atom stereocenters. The van der Waals surface area contributed by atoms with E-state index in [1.165, 1.54) is 6.08 Å². The maximum atomic E-state index is 12.4. The number of rotatable bonds is 5. The molecule has 0 saturated heterocycles. The molecular weight excluding hydrogens is 494 g/mol. The predicted octanol–water partition coefficient (Wildman–Crippen LogP) is 7.43. The minimum absolute atomic E-state index is 0.168. The third-order valence-corrected chi connectivity index (χ3v) is 6.19. The van der Waals surface area contributed by atoms with Crippen molar-refractivity contribution < 1.29 is 13.6 Å². The highest BCUT2D eigenvalue weighted by Gasteiger charge is 2.12. The molecule has 0 spiro atoms. The molecule has 2 heterocycles. The highest BCUT2D eigenvalue weighted by atomic mass is 32.1. The molecule has 0 radical (unpaired) electrons. The van der Waals surface area contributed by atoms with Crippen LogP contribution in [0.3, 0.4) is 0 Å². The second-order valence-corrected chi connectivity index (χ2v) is 8.98. The van der Waals surface area contributed by atoms with E-state index in [4.69, 9.17) is 21.1 Å². The van der Waals surface area contributed by atoms with Gasteiger partial charge in [-0.05, 0) is 65.5 Å². The molecule has 2 N–H and O–H groups in total. The maximum absolute atomic E-state index is 12.4. The number of benzene rings is 4. The molecule has 6 aromatic rings. The number of nitrogens with zero attached hydrogens (tertiary/aromatic N) is 1. The fourth-order valence-electron chi connectivity index (χ4n) is 4.21. The highest BCUT2D eigenvalue weighted by Crippen LogP contribution is 2.31. The summed E-state index contributed by atoms with van der Waals surface area (Å²) in [6, 6.07) is 33.1. The van der Waals surface area contributed by atoms with Crippen LogP contribution in [-0.4, -0.2) is 16.0 Å². The molecule has 0 saturated carbocycles. The van der Waals surface area contributed by atoms with Gasteiger partial charge >= 0.3 is 0 Å². The minimum Gasteiger partial charge on any atom is -0.457 e. The summed E-state index contributed by atoms with van der Waals surface area (Å²) in [6.07, 6.45) is 2.97. The van der Waals surface area contributed by atoms with Crippen molar-refractivity contribution in [2.75, 3.05) is 5.32 Å². The number of carbonyl (C=O) groups is 1. The second-order valence-electron chi connectivity index (χ2n) is 8.57. The average molecular weight is 516 g/mol. The molecule has 0 aliphatic rings. The number of thiocarbonyl (C=S) groups is 1. The Morgan fingerprint density at radius 3 is 2.55 bits per heavy atom. The molecule has 0 fully saturated rings. The fourth-order valence-corrected chi connectivity index (χ4v) is 4.42. The number of nitrogens with one attached hydrogen (secondary N) is 2. The van der Waals surface area contributed by atoms with Crippen molar-refractivity contribution in [2.45, 2.75) is 0 Å². The minimum atomic E-state index is -0.374. The van der Waals surface area contributed by atoms with Crippen LogP contribution in [0.25, 0.3) is 50.7 Å². The molecule has 38 heavy (non-hydrogen) atoms. The number of aromatic nitrogens is 1. The van der Waals surface area contributed by atoms with Crippen molar-refractivity contribution in [1.29, 1.82) is 0 Å². The van der Waals surface area contributed by atoms with E-state index in [2.05, 4.69) is 33.8 Å². The summed E-state index contributed by atoms with van der Waals surface area (Å²) in [5, 5.41) is 8.03. The van der Waals surface area contributed by atoms with Gasteiger partial charge in [0.15, 0.2) is 10.7 Å². The number of hydrogen-bond acceptors (Lipinski definition) is 5. The number of hydrogen-bond donors (Lipinski definition) is 2. The van der Waals surface area contributed by atoms with E-state index in [-0.39, 0.29) is 11.0 Å². The Morgan fingerprint density at radius 2 is 1.66 bits per heavy atom. The van der Waals surface area contributed by atoms with E-state index < -0.39 is 0 Å². The Bertz CT molecular complexity index is 1810. The number of oxazole rings is 1. The summed E-state index contributed by atoms with van der Waals surface area (Å²) in [5.41, 5.74) is 3.91. The maximum Gasteiger partial charge on any atom is 0.250 e. The fraction of sp³-hybridized carbons (Fsp3) is 0. The van der Waals surface area contributed by atoms with E-state index >= 15 is 0 Å². The van der Waals surface area contributed by atoms with Crippen molar-refractivity contribution in [2.24, 2.45) is 0 Å². The number of furan rings is 1. The van der Waals surface area contributed by atoms with E-state index in [9.17, 15) is 4.79 Å². The molecule has 2 aromatic heterocycles. The monoisotopic (exact) mass is 515 g/mol. The first kappa shape index (κ1) is 23.4. The van der Waals surface area contributed by atoms with Gasteiger partial charge in [0.05, 0.1) is 0 Å². The first-order valence-corrected chi connectivity index (χ1v) is 12.4. The SMILES string of the molecule is O=C(/C=C/c1ccc(-c2ccccc2)o1)NC(=S)Nc1ccc2oc(-c3cccc4ccccc34)nc2c1. The lowest BCUT2D eigenvalue weighted by atomic mass is 10.0. The average Bonchev–Trinajstić information content (AvgIpc) is 3.59. The van der Waals surface area contributed by atoms with Gasteiger partial charge in [0.25, 0.3) is 0 Å². The van der Waals surface area contributed by atoms with Crippen LogP contribution in [0.4, 0.5) is 5.69 Å². The van der Waals surface area contributed by atoms with Gasteiger partial charge in [-0.2, -0.15) is 0 Å². The van der Waals surface area contributed by atoms with Crippen LogP contribution >= 0.6 is 12.2 Å². The van der Waals surface area contributed by atoms with Crippen molar-refractivity contribution in [1.82, 2.24) is 10.3 Å². The summed E-state index contributed by atoms with van der Waals surface area (Å²) in [5.74, 6) is 1.47. The summed E-state index contributed by atoms with van der Waals surface area (Å²) in [6.45, 7) is 0. The van der Waals surface area contributed by atoms with E-state index in [0.29, 0.717) is 28.4 Å². The molecular formula is C31H21N3O3S. The molecule has 0 atom stereocenters. The zero-order valence-corrected chi connectivity index (χ0v) is 20.9. The van der Waals surface area contributed by atoms with E-state index in [1.807, 2.05) is 84.9 Å². The van der Waals surface area contributed by atoms with Crippen molar-refractivity contribution in [3.8, 4) is 22.8 Å². The van der Waals surface area contributed by atoms with Crippen LogP contribution in [0, 0.1) is 0 Å². The van der Waals surface area contributed by atoms with Crippen LogP contribution in [0.5, 0.6) is 0 Å². The quantitative estimate of drug-likeness (QED) is 0.184. The van der Waals surface area contributed by atoms with Gasteiger partial charge in [0.2, 0.25) is 11.8 Å². The largest absolute Gasteiger partial charge is 0.457 e. The Labute approximate surface area is 223 Å². The molecule has 0 bridgehead atoms. The molecule has 184 valence electrons. The zero-order valence-electron chi connectivity index (χ0n) is 20.0. The Balaban J connectivity index is 1.12. The molecule has 6 nitrogen and oxygen atoms in total. The second kappa shape index (κ2) is 10.2. The van der Waals surface area contributed by atoms with Crippen LogP contribution in [0.2, 0.25) is 0 Å². The molecule has 0 aliphatic carbocycles. The van der Waals surface area contributed by atoms with Gasteiger partial charge in [-0.25, -0.2) is 4.98 Å². The van der Waals surface area contributed by atoms with Crippen LogP contribution in [0.1, 0.15) is 5.76 Å². The van der Waals surface area contributed by atoms with Gasteiger partial charge in [-0.1, -0.05) is 66.7 Å².